The van der Waals surface area contributed by atoms with E-state index in [0.717, 1.165) is 26.4 Å². The van der Waals surface area contributed by atoms with Gasteiger partial charge in [0.15, 0.2) is 0 Å². The Morgan fingerprint density at radius 2 is 0.760 bits per heavy atom. The van der Waals surface area contributed by atoms with Gasteiger partial charge in [-0.05, 0) is 0 Å². The maximum Gasteiger partial charge on any atom is 0.0637 e. The van der Waals surface area contributed by atoms with Gasteiger partial charge in [-0.1, -0.05) is 0 Å². The van der Waals surface area contributed by atoms with Crippen LogP contribution in [0.3, 0.4) is 0 Å². The number of thioether (sulfide) groups is 4. The van der Waals surface area contributed by atoms with Gasteiger partial charge in [-0.15, -0.1) is 0 Å². The molecular weight excluding hydrogens is 396 g/mol. The maximum atomic E-state index is 6.07. The lowest BCUT2D eigenvalue weighted by Gasteiger charge is -2.33. The van der Waals surface area contributed by atoms with Gasteiger partial charge in [0.2, 0.25) is 0 Å². The molecule has 0 saturated carbocycles. The Balaban J connectivity index is 1.27. The standard InChI is InChI=1S/C17H28O4S4/c1(13-5-22-13)18-9-17(10-19-2-14-6-23-14,11-20-3-15-7-24-15)12-21-4-16-8-25-16/h13-16H,1-12H2/t13-,14?,15?,16?,17?/m0/s1. The lowest BCUT2D eigenvalue weighted by atomic mass is 9.92. The largest absolute Gasteiger partial charge is 0.379 e. The quantitative estimate of drug-likeness (QED) is 0.350. The highest BCUT2D eigenvalue weighted by Crippen LogP contribution is 2.34. The van der Waals surface area contributed by atoms with Crippen LogP contribution in [0.15, 0.2) is 0 Å². The van der Waals surface area contributed by atoms with Crippen molar-refractivity contribution in [2.24, 2.45) is 5.41 Å². The smallest absolute Gasteiger partial charge is 0.0637 e. The van der Waals surface area contributed by atoms with Gasteiger partial charge in [0.25, 0.3) is 0 Å². The fourth-order valence-corrected chi connectivity index (χ4v) is 4.23. The van der Waals surface area contributed by atoms with Crippen LogP contribution >= 0.6 is 47.0 Å². The fraction of sp³-hybridized carbons (Fsp3) is 1.00. The van der Waals surface area contributed by atoms with Gasteiger partial charge in [0.05, 0.1) is 58.3 Å². The molecule has 4 aliphatic heterocycles. The summed E-state index contributed by atoms with van der Waals surface area (Å²) < 4.78 is 24.3. The third kappa shape index (κ3) is 8.02. The van der Waals surface area contributed by atoms with Gasteiger partial charge in [-0.25, -0.2) is 0 Å². The molecule has 0 amide bonds. The topological polar surface area (TPSA) is 36.9 Å². The van der Waals surface area contributed by atoms with Gasteiger partial charge in [0, 0.05) is 44.0 Å². The highest BCUT2D eigenvalue weighted by molar-refractivity contribution is 8.07. The zero-order chi connectivity index (χ0) is 17.0. The van der Waals surface area contributed by atoms with E-state index in [2.05, 4.69) is 0 Å². The molecule has 0 spiro atoms. The summed E-state index contributed by atoms with van der Waals surface area (Å²) in [6, 6.07) is 0. The van der Waals surface area contributed by atoms with Crippen LogP contribution in [0.5, 0.6) is 0 Å². The van der Waals surface area contributed by atoms with E-state index in [1.165, 1.54) is 23.0 Å². The zero-order valence-electron chi connectivity index (χ0n) is 14.6. The van der Waals surface area contributed by atoms with Gasteiger partial charge in [-0.2, -0.15) is 47.0 Å². The van der Waals surface area contributed by atoms with Crippen molar-refractivity contribution in [2.75, 3.05) is 75.9 Å². The molecule has 0 radical (unpaired) electrons. The molecule has 4 saturated heterocycles. The molecule has 0 aromatic heterocycles. The van der Waals surface area contributed by atoms with Gasteiger partial charge < -0.3 is 18.9 Å². The molecule has 4 heterocycles. The van der Waals surface area contributed by atoms with E-state index in [1.807, 2.05) is 47.0 Å². The van der Waals surface area contributed by atoms with E-state index in [4.69, 9.17) is 18.9 Å². The Morgan fingerprint density at radius 3 is 0.960 bits per heavy atom. The zero-order valence-corrected chi connectivity index (χ0v) is 17.8. The summed E-state index contributed by atoms with van der Waals surface area (Å²) in [7, 11) is 0. The summed E-state index contributed by atoms with van der Waals surface area (Å²) in [6.45, 7) is 6.11. The van der Waals surface area contributed by atoms with Gasteiger partial charge in [-0.3, -0.25) is 0 Å². The normalized spacial score (nSPS) is 34.6. The summed E-state index contributed by atoms with van der Waals surface area (Å²) in [6.07, 6.45) is 0. The van der Waals surface area contributed by atoms with Crippen molar-refractivity contribution in [1.82, 2.24) is 0 Å². The van der Waals surface area contributed by atoms with Crippen molar-refractivity contribution >= 4 is 47.0 Å². The monoisotopic (exact) mass is 424 g/mol. The predicted octanol–water partition coefficient (Wildman–Crippen LogP) is 2.50. The third-order valence-corrected chi connectivity index (χ3v) is 8.22. The van der Waals surface area contributed by atoms with Crippen LogP contribution < -0.4 is 0 Å². The highest BCUT2D eigenvalue weighted by Gasteiger charge is 2.36. The summed E-state index contributed by atoms with van der Waals surface area (Å²) in [5, 5.41) is 2.81. The van der Waals surface area contributed by atoms with Crippen LogP contribution in [0.1, 0.15) is 0 Å². The molecule has 144 valence electrons. The molecule has 4 fully saturated rings. The lowest BCUT2D eigenvalue weighted by Crippen LogP contribution is -2.43. The molecule has 4 atom stereocenters. The Hall–Kier alpha value is 1.24. The number of hydrogen-bond acceptors (Lipinski definition) is 8. The van der Waals surface area contributed by atoms with Crippen molar-refractivity contribution in [3.63, 3.8) is 0 Å². The van der Waals surface area contributed by atoms with Crippen molar-refractivity contribution < 1.29 is 18.9 Å². The van der Waals surface area contributed by atoms with Gasteiger partial charge >= 0.3 is 0 Å². The van der Waals surface area contributed by atoms with Crippen molar-refractivity contribution in [3.05, 3.63) is 0 Å². The second kappa shape index (κ2) is 9.63. The Labute approximate surface area is 168 Å². The Kier molecular flexibility index (Phi) is 7.53. The highest BCUT2D eigenvalue weighted by atomic mass is 32.2. The first-order valence-electron chi connectivity index (χ1n) is 9.09. The average Bonchev–Trinajstić information content (AvgIpc) is 3.44. The SMILES string of the molecule is C(OCC(COCC1CS1)(COCC1CS1)COC[C@H]1CS1)C1CS1. The molecule has 0 aromatic rings. The van der Waals surface area contributed by atoms with Crippen LogP contribution in [-0.4, -0.2) is 96.9 Å². The number of rotatable bonds is 16. The van der Waals surface area contributed by atoms with Crippen molar-refractivity contribution in [3.8, 4) is 0 Å². The Morgan fingerprint density at radius 1 is 0.520 bits per heavy atom. The molecule has 8 heteroatoms. The van der Waals surface area contributed by atoms with E-state index < -0.39 is 0 Å². The summed E-state index contributed by atoms with van der Waals surface area (Å²) >= 11 is 7.93. The van der Waals surface area contributed by atoms with E-state index >= 15 is 0 Å². The average molecular weight is 425 g/mol. The summed E-state index contributed by atoms with van der Waals surface area (Å²) in [4.78, 5) is 0. The molecule has 0 aliphatic carbocycles. The second-order valence-corrected chi connectivity index (χ2v) is 12.7. The maximum absolute atomic E-state index is 6.07. The molecule has 0 bridgehead atoms. The molecule has 3 unspecified atom stereocenters. The molecule has 0 N–H and O–H groups in total. The number of hydrogen-bond donors (Lipinski definition) is 0. The summed E-state index contributed by atoms with van der Waals surface area (Å²) in [5.41, 5.74) is -0.168. The van der Waals surface area contributed by atoms with E-state index in [9.17, 15) is 0 Å². The fourth-order valence-electron chi connectivity index (χ4n) is 2.53. The first kappa shape index (κ1) is 19.6. The molecular formula is C17H28O4S4. The molecule has 25 heavy (non-hydrogen) atoms. The molecule has 0 aromatic carbocycles. The van der Waals surface area contributed by atoms with Crippen molar-refractivity contribution in [1.29, 1.82) is 0 Å². The summed E-state index contributed by atoms with van der Waals surface area (Å²) in [5.74, 6) is 4.97. The van der Waals surface area contributed by atoms with E-state index in [1.54, 1.807) is 0 Å². The molecule has 4 aliphatic rings. The first-order valence-corrected chi connectivity index (χ1v) is 13.3. The second-order valence-electron chi connectivity index (χ2n) is 7.38. The van der Waals surface area contributed by atoms with Crippen LogP contribution in [0.25, 0.3) is 0 Å². The predicted molar refractivity (Wildman–Crippen MR) is 111 cm³/mol. The minimum Gasteiger partial charge on any atom is -0.379 e. The molecule has 4 nitrogen and oxygen atoms in total. The van der Waals surface area contributed by atoms with Crippen molar-refractivity contribution in [2.45, 2.75) is 21.0 Å². The minimum atomic E-state index is -0.168. The van der Waals surface area contributed by atoms with Gasteiger partial charge in [0.1, 0.15) is 0 Å². The first-order chi connectivity index (χ1) is 12.3. The lowest BCUT2D eigenvalue weighted by molar-refractivity contribution is -0.103. The van der Waals surface area contributed by atoms with Crippen LogP contribution in [0.2, 0.25) is 0 Å². The minimum absolute atomic E-state index is 0.168. The van der Waals surface area contributed by atoms with E-state index in [-0.39, 0.29) is 5.41 Å². The number of ether oxygens (including phenoxy) is 4. The van der Waals surface area contributed by atoms with Crippen LogP contribution in [-0.2, 0) is 18.9 Å². The third-order valence-electron chi connectivity index (χ3n) is 4.46. The van der Waals surface area contributed by atoms with Crippen LogP contribution in [0, 0.1) is 5.41 Å². The van der Waals surface area contributed by atoms with E-state index in [0.29, 0.717) is 47.4 Å². The Bertz CT molecular complexity index is 334. The molecule has 4 rings (SSSR count). The van der Waals surface area contributed by atoms with Crippen LogP contribution in [0.4, 0.5) is 0 Å².